The van der Waals surface area contributed by atoms with E-state index in [1.165, 1.54) is 6.07 Å². The van der Waals surface area contributed by atoms with Crippen molar-refractivity contribution < 1.29 is 37.1 Å². The van der Waals surface area contributed by atoms with E-state index in [-0.39, 0.29) is 17.9 Å². The molecule has 140 valence electrons. The lowest BCUT2D eigenvalue weighted by atomic mass is 10.1. The third kappa shape index (κ3) is 8.89. The second kappa shape index (κ2) is 8.15. The number of aliphatic carboxylic acids is 1. The second-order valence-corrected chi connectivity index (χ2v) is 6.53. The van der Waals surface area contributed by atoms with E-state index in [4.69, 9.17) is 5.11 Å². The number of hydrogen-bond acceptors (Lipinski definition) is 4. The maximum atomic E-state index is 12.2. The number of amides is 1. The number of carbonyl (C=O) groups is 2. The quantitative estimate of drug-likeness (QED) is 0.679. The number of carboxylic acids is 1. The summed E-state index contributed by atoms with van der Waals surface area (Å²) in [4.78, 5) is 26.8. The summed E-state index contributed by atoms with van der Waals surface area (Å²) in [5.41, 5.74) is 0.0937. The Balaban J connectivity index is 2.72. The first-order valence-corrected chi connectivity index (χ1v) is 7.34. The molecule has 1 amide bonds. The maximum Gasteiger partial charge on any atom is 0.422 e. The molecule has 1 aromatic rings. The lowest BCUT2D eigenvalue weighted by Crippen LogP contribution is -2.49. The molecule has 0 spiro atoms. The van der Waals surface area contributed by atoms with Crippen LogP contribution in [0.2, 0.25) is 0 Å². The molecule has 10 heteroatoms. The van der Waals surface area contributed by atoms with Crippen molar-refractivity contribution in [3.8, 4) is 5.88 Å². The smallest absolute Gasteiger partial charge is 0.422 e. The van der Waals surface area contributed by atoms with E-state index in [0.717, 1.165) is 12.3 Å². The van der Waals surface area contributed by atoms with Crippen LogP contribution in [0.15, 0.2) is 18.3 Å². The Bertz CT molecular complexity index is 598. The standard InChI is InChI=1S/C15H20F3N3O4/c1-21(2,3)8-11(6-13(22)23)20-14(24)10-4-5-12(19-7-10)25-9-15(16,17)18/h4-5,7,11H,6,8-9H2,1-3H3,(H-,20,22,23,24)/p+1. The van der Waals surface area contributed by atoms with Gasteiger partial charge in [-0.15, -0.1) is 0 Å². The zero-order valence-electron chi connectivity index (χ0n) is 14.1. The molecule has 0 saturated heterocycles. The van der Waals surface area contributed by atoms with Crippen molar-refractivity contribution >= 4 is 11.9 Å². The van der Waals surface area contributed by atoms with Crippen molar-refractivity contribution in [3.63, 3.8) is 0 Å². The molecule has 1 atom stereocenters. The zero-order valence-corrected chi connectivity index (χ0v) is 14.1. The molecule has 1 unspecified atom stereocenters. The highest BCUT2D eigenvalue weighted by atomic mass is 19.4. The van der Waals surface area contributed by atoms with Crippen LogP contribution in [-0.4, -0.2) is 73.0 Å². The fourth-order valence-corrected chi connectivity index (χ4v) is 2.06. The first kappa shape index (κ1) is 20.7. The molecule has 1 rings (SSSR count). The molecular weight excluding hydrogens is 343 g/mol. The summed E-state index contributed by atoms with van der Waals surface area (Å²) in [5.74, 6) is -1.87. The van der Waals surface area contributed by atoms with E-state index < -0.39 is 30.7 Å². The topological polar surface area (TPSA) is 88.5 Å². The largest absolute Gasteiger partial charge is 0.481 e. The third-order valence-corrected chi connectivity index (χ3v) is 2.91. The number of alkyl halides is 3. The predicted molar refractivity (Wildman–Crippen MR) is 82.2 cm³/mol. The molecule has 1 aromatic heterocycles. The Morgan fingerprint density at radius 3 is 2.40 bits per heavy atom. The van der Waals surface area contributed by atoms with Gasteiger partial charge in [-0.1, -0.05) is 0 Å². The molecule has 2 N–H and O–H groups in total. The van der Waals surface area contributed by atoms with Crippen LogP contribution in [-0.2, 0) is 4.79 Å². The normalized spacial score (nSPS) is 13.2. The summed E-state index contributed by atoms with van der Waals surface area (Å²) >= 11 is 0. The number of ether oxygens (including phenoxy) is 1. The summed E-state index contributed by atoms with van der Waals surface area (Å²) < 4.78 is 41.1. The molecule has 0 aromatic carbocycles. The van der Waals surface area contributed by atoms with E-state index in [2.05, 4.69) is 15.0 Å². The summed E-state index contributed by atoms with van der Waals surface area (Å²) in [5, 5.41) is 11.5. The van der Waals surface area contributed by atoms with E-state index in [9.17, 15) is 22.8 Å². The SMILES string of the molecule is C[N+](C)(C)CC(CC(=O)O)NC(=O)c1ccc(OCC(F)(F)F)nc1. The van der Waals surface area contributed by atoms with Crippen LogP contribution in [0.3, 0.4) is 0 Å². The van der Waals surface area contributed by atoms with Crippen LogP contribution in [0, 0.1) is 0 Å². The fraction of sp³-hybridized carbons (Fsp3) is 0.533. The lowest BCUT2D eigenvalue weighted by Gasteiger charge is -2.29. The maximum absolute atomic E-state index is 12.2. The van der Waals surface area contributed by atoms with Gasteiger partial charge in [-0.25, -0.2) is 4.98 Å². The van der Waals surface area contributed by atoms with Gasteiger partial charge in [0.15, 0.2) is 6.61 Å². The van der Waals surface area contributed by atoms with Gasteiger partial charge in [-0.05, 0) is 6.07 Å². The summed E-state index contributed by atoms with van der Waals surface area (Å²) in [6.07, 6.45) is -3.65. The van der Waals surface area contributed by atoms with Gasteiger partial charge in [-0.2, -0.15) is 13.2 Å². The van der Waals surface area contributed by atoms with E-state index in [0.29, 0.717) is 11.0 Å². The Labute approximate surface area is 143 Å². The van der Waals surface area contributed by atoms with Crippen molar-refractivity contribution in [2.24, 2.45) is 0 Å². The van der Waals surface area contributed by atoms with Gasteiger partial charge >= 0.3 is 12.1 Å². The van der Waals surface area contributed by atoms with Crippen LogP contribution in [0.25, 0.3) is 0 Å². The monoisotopic (exact) mass is 364 g/mol. The predicted octanol–water partition coefficient (Wildman–Crippen LogP) is 1.30. The minimum absolute atomic E-state index is 0.0937. The van der Waals surface area contributed by atoms with Gasteiger partial charge in [-0.3, -0.25) is 9.59 Å². The van der Waals surface area contributed by atoms with Crippen LogP contribution >= 0.6 is 0 Å². The number of pyridine rings is 1. The van der Waals surface area contributed by atoms with Crippen LogP contribution in [0.4, 0.5) is 13.2 Å². The molecule has 0 aliphatic carbocycles. The number of carboxylic acid groups (broad SMARTS) is 1. The van der Waals surface area contributed by atoms with Gasteiger partial charge in [0.2, 0.25) is 5.88 Å². The highest BCUT2D eigenvalue weighted by Crippen LogP contribution is 2.17. The first-order chi connectivity index (χ1) is 11.4. The summed E-state index contributed by atoms with van der Waals surface area (Å²) in [6, 6.07) is 1.80. The molecule has 0 bridgehead atoms. The second-order valence-electron chi connectivity index (χ2n) is 6.53. The Hall–Kier alpha value is -2.36. The molecule has 1 heterocycles. The molecule has 0 saturated carbocycles. The van der Waals surface area contributed by atoms with E-state index >= 15 is 0 Å². The molecule has 0 fully saturated rings. The summed E-state index contributed by atoms with van der Waals surface area (Å²) in [7, 11) is 5.57. The minimum Gasteiger partial charge on any atom is -0.481 e. The number of aromatic nitrogens is 1. The number of likely N-dealkylation sites (N-methyl/N-ethyl adjacent to an activating group) is 1. The van der Waals surface area contributed by atoms with Gasteiger partial charge in [0.25, 0.3) is 5.91 Å². The number of nitrogens with zero attached hydrogens (tertiary/aromatic N) is 2. The molecule has 0 aliphatic rings. The number of nitrogens with one attached hydrogen (secondary N) is 1. The number of carbonyl (C=O) groups excluding carboxylic acids is 1. The zero-order chi connectivity index (χ0) is 19.3. The van der Waals surface area contributed by atoms with Gasteiger partial charge in [0.05, 0.1) is 45.7 Å². The fourth-order valence-electron chi connectivity index (χ4n) is 2.06. The average Bonchev–Trinajstić information content (AvgIpc) is 2.42. The van der Waals surface area contributed by atoms with Crippen LogP contribution in [0.5, 0.6) is 5.88 Å². The average molecular weight is 364 g/mol. The van der Waals surface area contributed by atoms with Crippen molar-refractivity contribution in [2.45, 2.75) is 18.6 Å². The van der Waals surface area contributed by atoms with Crippen molar-refractivity contribution in [3.05, 3.63) is 23.9 Å². The third-order valence-electron chi connectivity index (χ3n) is 2.91. The van der Waals surface area contributed by atoms with Crippen LogP contribution in [0.1, 0.15) is 16.8 Å². The molecule has 0 radical (unpaired) electrons. The molecule has 7 nitrogen and oxygen atoms in total. The lowest BCUT2D eigenvalue weighted by molar-refractivity contribution is -0.871. The summed E-state index contributed by atoms with van der Waals surface area (Å²) in [6.45, 7) is -1.09. The number of rotatable bonds is 8. The van der Waals surface area contributed by atoms with Crippen molar-refractivity contribution in [1.29, 1.82) is 0 Å². The van der Waals surface area contributed by atoms with Gasteiger partial charge in [0.1, 0.15) is 0 Å². The van der Waals surface area contributed by atoms with Gasteiger partial charge in [0, 0.05) is 12.3 Å². The van der Waals surface area contributed by atoms with E-state index in [1.54, 1.807) is 0 Å². The van der Waals surface area contributed by atoms with Crippen LogP contribution < -0.4 is 10.1 Å². The molecule has 25 heavy (non-hydrogen) atoms. The molecular formula is C15H21F3N3O4+. The van der Waals surface area contributed by atoms with Crippen molar-refractivity contribution in [2.75, 3.05) is 34.3 Å². The highest BCUT2D eigenvalue weighted by molar-refractivity contribution is 5.94. The Morgan fingerprint density at radius 2 is 1.96 bits per heavy atom. The first-order valence-electron chi connectivity index (χ1n) is 7.34. The van der Waals surface area contributed by atoms with Gasteiger partial charge < -0.3 is 19.6 Å². The van der Waals surface area contributed by atoms with E-state index in [1.807, 2.05) is 21.1 Å². The minimum atomic E-state index is -4.48. The number of quaternary nitrogens is 1. The molecule has 0 aliphatic heterocycles. The van der Waals surface area contributed by atoms with Crippen molar-refractivity contribution in [1.82, 2.24) is 10.3 Å². The Morgan fingerprint density at radius 1 is 1.32 bits per heavy atom. The highest BCUT2D eigenvalue weighted by Gasteiger charge is 2.28. The Kier molecular flexibility index (Phi) is 6.74. The number of halogens is 3. The number of hydrogen-bond donors (Lipinski definition) is 2.